The van der Waals surface area contributed by atoms with Crippen LogP contribution in [0.5, 0.6) is 0 Å². The Balaban J connectivity index is 1.37. The van der Waals surface area contributed by atoms with Crippen LogP contribution in [0.3, 0.4) is 0 Å². The predicted molar refractivity (Wildman–Crippen MR) is 112 cm³/mol. The second-order valence-corrected chi connectivity index (χ2v) is 8.56. The van der Waals surface area contributed by atoms with Crippen molar-refractivity contribution in [2.45, 2.75) is 32.6 Å². The van der Waals surface area contributed by atoms with Gasteiger partial charge in [-0.15, -0.1) is 11.3 Å². The highest BCUT2D eigenvalue weighted by molar-refractivity contribution is 7.13. The molecule has 156 valence electrons. The molecule has 0 radical (unpaired) electrons. The fourth-order valence-electron chi connectivity index (χ4n) is 3.68. The van der Waals surface area contributed by atoms with E-state index >= 15 is 0 Å². The fourth-order valence-corrected chi connectivity index (χ4v) is 4.57. The Bertz CT molecular complexity index is 1080. The molecule has 2 amide bonds. The van der Waals surface area contributed by atoms with E-state index in [2.05, 4.69) is 20.5 Å². The third kappa shape index (κ3) is 4.11. The molecular weight excluding hydrogens is 405 g/mol. The van der Waals surface area contributed by atoms with Crippen molar-refractivity contribution in [3.05, 3.63) is 63.1 Å². The summed E-state index contributed by atoms with van der Waals surface area (Å²) < 4.78 is 13.7. The lowest BCUT2D eigenvalue weighted by atomic mass is 9.93. The van der Waals surface area contributed by atoms with Gasteiger partial charge in [0.15, 0.2) is 5.69 Å². The number of benzene rings is 1. The molecule has 0 spiro atoms. The number of carbonyl (C=O) groups is 2. The number of thiazole rings is 1. The van der Waals surface area contributed by atoms with Gasteiger partial charge < -0.3 is 10.2 Å². The predicted octanol–water partition coefficient (Wildman–Crippen LogP) is 3.89. The Morgan fingerprint density at radius 2 is 1.97 bits per heavy atom. The molecule has 0 aliphatic carbocycles. The number of piperidine rings is 1. The van der Waals surface area contributed by atoms with E-state index in [1.807, 2.05) is 18.7 Å². The van der Waals surface area contributed by atoms with Gasteiger partial charge in [-0.2, -0.15) is 5.10 Å². The lowest BCUT2D eigenvalue weighted by molar-refractivity contribution is 0.0716. The molecule has 1 aliphatic rings. The second kappa shape index (κ2) is 8.35. The zero-order chi connectivity index (χ0) is 21.3. The van der Waals surface area contributed by atoms with Crippen LogP contribution in [0.25, 0.3) is 0 Å². The number of halogens is 1. The molecule has 30 heavy (non-hydrogen) atoms. The molecule has 4 rings (SSSR count). The minimum absolute atomic E-state index is 0.0334. The Kier molecular flexibility index (Phi) is 5.63. The van der Waals surface area contributed by atoms with E-state index < -0.39 is 11.7 Å². The molecule has 3 aromatic rings. The van der Waals surface area contributed by atoms with Gasteiger partial charge in [0, 0.05) is 24.7 Å². The zero-order valence-electron chi connectivity index (χ0n) is 16.7. The zero-order valence-corrected chi connectivity index (χ0v) is 17.6. The van der Waals surface area contributed by atoms with Crippen LogP contribution in [0.1, 0.15) is 55.3 Å². The number of H-pyrrole nitrogens is 1. The smallest absolute Gasteiger partial charge is 0.276 e. The van der Waals surface area contributed by atoms with Crippen molar-refractivity contribution in [3.63, 3.8) is 0 Å². The molecule has 7 nitrogen and oxygen atoms in total. The quantitative estimate of drug-likeness (QED) is 0.661. The third-order valence-corrected chi connectivity index (χ3v) is 6.33. The van der Waals surface area contributed by atoms with Crippen LogP contribution in [-0.4, -0.2) is 45.0 Å². The molecule has 2 aromatic heterocycles. The van der Waals surface area contributed by atoms with Crippen LogP contribution < -0.4 is 5.32 Å². The highest BCUT2D eigenvalue weighted by Gasteiger charge is 2.28. The van der Waals surface area contributed by atoms with Crippen molar-refractivity contribution in [1.29, 1.82) is 0 Å². The molecule has 1 saturated heterocycles. The van der Waals surface area contributed by atoms with Crippen molar-refractivity contribution >= 4 is 28.8 Å². The Morgan fingerprint density at radius 3 is 2.63 bits per heavy atom. The maximum absolute atomic E-state index is 13.7. The first-order valence-corrected chi connectivity index (χ1v) is 10.6. The average Bonchev–Trinajstić information content (AvgIpc) is 3.36. The van der Waals surface area contributed by atoms with Crippen molar-refractivity contribution in [2.75, 3.05) is 18.4 Å². The van der Waals surface area contributed by atoms with Gasteiger partial charge in [-0.1, -0.05) is 12.1 Å². The van der Waals surface area contributed by atoms with Crippen molar-refractivity contribution in [1.82, 2.24) is 20.1 Å². The van der Waals surface area contributed by atoms with E-state index in [9.17, 15) is 14.0 Å². The van der Waals surface area contributed by atoms with Gasteiger partial charge in [-0.25, -0.2) is 9.37 Å². The second-order valence-electron chi connectivity index (χ2n) is 7.36. The van der Waals surface area contributed by atoms with Crippen LogP contribution >= 0.6 is 11.3 Å². The monoisotopic (exact) mass is 427 g/mol. The number of carbonyl (C=O) groups excluding carboxylic acids is 2. The van der Waals surface area contributed by atoms with Crippen LogP contribution in [0.2, 0.25) is 0 Å². The van der Waals surface area contributed by atoms with E-state index in [1.165, 1.54) is 23.5 Å². The summed E-state index contributed by atoms with van der Waals surface area (Å²) in [6, 6.07) is 7.70. The van der Waals surface area contributed by atoms with E-state index in [4.69, 9.17) is 0 Å². The normalized spacial score (nSPS) is 14.7. The summed E-state index contributed by atoms with van der Waals surface area (Å²) in [7, 11) is 0. The number of nitrogens with zero attached hydrogens (tertiary/aromatic N) is 3. The van der Waals surface area contributed by atoms with E-state index in [0.29, 0.717) is 18.0 Å². The number of anilines is 1. The molecule has 1 aromatic carbocycles. The highest BCUT2D eigenvalue weighted by Crippen LogP contribution is 2.29. The molecular formula is C21H22FN5O2S. The van der Waals surface area contributed by atoms with E-state index in [-0.39, 0.29) is 23.2 Å². The highest BCUT2D eigenvalue weighted by atomic mass is 32.1. The maximum Gasteiger partial charge on any atom is 0.276 e. The van der Waals surface area contributed by atoms with Crippen molar-refractivity contribution < 1.29 is 14.0 Å². The van der Waals surface area contributed by atoms with Crippen molar-refractivity contribution in [2.24, 2.45) is 0 Å². The van der Waals surface area contributed by atoms with Crippen LogP contribution in [0.4, 0.5) is 10.1 Å². The fraction of sp³-hybridized carbons (Fsp3) is 0.333. The molecule has 1 aliphatic heterocycles. The molecule has 2 N–H and O–H groups in total. The SMILES string of the molecule is Cc1nc(C)c(C(=O)N2CCC(c3cc(C(=O)Nc4ccccc4F)n[nH]3)CC2)s1. The molecule has 1 fully saturated rings. The topological polar surface area (TPSA) is 91.0 Å². The van der Waals surface area contributed by atoms with Gasteiger partial charge in [0.25, 0.3) is 11.8 Å². The molecule has 3 heterocycles. The minimum Gasteiger partial charge on any atom is -0.338 e. The molecule has 9 heteroatoms. The van der Waals surface area contributed by atoms with Crippen LogP contribution in [-0.2, 0) is 0 Å². The Hall–Kier alpha value is -3.07. The first kappa shape index (κ1) is 20.2. The number of nitrogens with one attached hydrogen (secondary N) is 2. The van der Waals surface area contributed by atoms with Gasteiger partial charge in [-0.05, 0) is 44.9 Å². The Morgan fingerprint density at radius 1 is 1.23 bits per heavy atom. The number of aryl methyl sites for hydroxylation is 2. The number of amides is 2. The summed E-state index contributed by atoms with van der Waals surface area (Å²) in [4.78, 5) is 32.0. The summed E-state index contributed by atoms with van der Waals surface area (Å²) in [6.07, 6.45) is 1.55. The average molecular weight is 428 g/mol. The van der Waals surface area contributed by atoms with Gasteiger partial charge in [0.2, 0.25) is 0 Å². The number of rotatable bonds is 4. The summed E-state index contributed by atoms with van der Waals surface area (Å²) >= 11 is 1.43. The van der Waals surface area contributed by atoms with E-state index in [0.717, 1.165) is 29.2 Å². The molecule has 0 unspecified atom stereocenters. The number of likely N-dealkylation sites (tertiary alicyclic amines) is 1. The number of para-hydroxylation sites is 1. The van der Waals surface area contributed by atoms with Crippen LogP contribution in [0, 0.1) is 19.7 Å². The standard InChI is InChI=1S/C21H22FN5O2S/c1-12-19(30-13(2)23-12)21(29)27-9-7-14(8-10-27)17-11-18(26-25-17)20(28)24-16-6-4-3-5-15(16)22/h3-6,11,14H,7-10H2,1-2H3,(H,24,28)(H,25,26). The Labute approximate surface area is 177 Å². The first-order chi connectivity index (χ1) is 14.4. The number of hydrogen-bond donors (Lipinski definition) is 2. The largest absolute Gasteiger partial charge is 0.338 e. The van der Waals surface area contributed by atoms with E-state index in [1.54, 1.807) is 18.2 Å². The number of hydrogen-bond acceptors (Lipinski definition) is 5. The maximum atomic E-state index is 13.7. The summed E-state index contributed by atoms with van der Waals surface area (Å²) in [5, 5.41) is 10.4. The van der Waals surface area contributed by atoms with Crippen molar-refractivity contribution in [3.8, 4) is 0 Å². The first-order valence-electron chi connectivity index (χ1n) is 9.77. The summed E-state index contributed by atoms with van der Waals surface area (Å²) in [6.45, 7) is 5.03. The lowest BCUT2D eigenvalue weighted by Gasteiger charge is -2.31. The molecule has 0 saturated carbocycles. The minimum atomic E-state index is -0.495. The third-order valence-electron chi connectivity index (χ3n) is 5.27. The number of aromatic nitrogens is 3. The number of aromatic amines is 1. The van der Waals surface area contributed by atoms with Gasteiger partial charge in [0.1, 0.15) is 10.7 Å². The van der Waals surface area contributed by atoms with Gasteiger partial charge >= 0.3 is 0 Å². The molecule has 0 atom stereocenters. The molecule has 0 bridgehead atoms. The van der Waals surface area contributed by atoms with Gasteiger partial charge in [-0.3, -0.25) is 14.7 Å². The van der Waals surface area contributed by atoms with Crippen LogP contribution in [0.15, 0.2) is 30.3 Å². The summed E-state index contributed by atoms with van der Waals surface area (Å²) in [5.41, 5.74) is 1.96. The summed E-state index contributed by atoms with van der Waals surface area (Å²) in [5.74, 6) is -0.747. The van der Waals surface area contributed by atoms with Gasteiger partial charge in [0.05, 0.1) is 16.4 Å². The lowest BCUT2D eigenvalue weighted by Crippen LogP contribution is -2.37.